The number of amides is 1. The molecule has 2 aliphatic rings. The monoisotopic (exact) mass is 168 g/mol. The zero-order valence-electron chi connectivity index (χ0n) is 7.38. The third-order valence-corrected chi connectivity index (χ3v) is 2.78. The Morgan fingerprint density at radius 3 is 2.58 bits per heavy atom. The van der Waals surface area contributed by atoms with Crippen molar-refractivity contribution in [3.05, 3.63) is 0 Å². The second-order valence-electron chi connectivity index (χ2n) is 3.68. The lowest BCUT2D eigenvalue weighted by Gasteiger charge is -2.35. The molecule has 12 heavy (non-hydrogen) atoms. The molecular formula is C9H16N2O. The van der Waals surface area contributed by atoms with Gasteiger partial charge in [-0.05, 0) is 25.8 Å². The fourth-order valence-electron chi connectivity index (χ4n) is 1.82. The topological polar surface area (TPSA) is 32.3 Å². The van der Waals surface area contributed by atoms with Crippen molar-refractivity contribution < 1.29 is 4.79 Å². The van der Waals surface area contributed by atoms with Crippen molar-refractivity contribution >= 4 is 5.91 Å². The van der Waals surface area contributed by atoms with Gasteiger partial charge < -0.3 is 10.2 Å². The van der Waals surface area contributed by atoms with Crippen molar-refractivity contribution in [1.82, 2.24) is 10.2 Å². The summed E-state index contributed by atoms with van der Waals surface area (Å²) in [5.74, 6) is 0.334. The maximum Gasteiger partial charge on any atom is 0.239 e. The number of rotatable bonds is 1. The van der Waals surface area contributed by atoms with E-state index in [1.807, 2.05) is 4.90 Å². The Kier molecular flexibility index (Phi) is 2.30. The number of hydrogen-bond acceptors (Lipinski definition) is 2. The third kappa shape index (κ3) is 1.46. The minimum Gasteiger partial charge on any atom is -0.341 e. The van der Waals surface area contributed by atoms with E-state index in [2.05, 4.69) is 5.32 Å². The molecule has 1 amide bonds. The molecule has 0 aromatic heterocycles. The summed E-state index contributed by atoms with van der Waals surface area (Å²) in [4.78, 5) is 13.6. The SMILES string of the molecule is O=C([C@H]1CCCCN1)N1CCC1. The molecule has 2 heterocycles. The highest BCUT2D eigenvalue weighted by molar-refractivity contribution is 5.82. The van der Waals surface area contributed by atoms with Crippen molar-refractivity contribution in [2.75, 3.05) is 19.6 Å². The van der Waals surface area contributed by atoms with E-state index >= 15 is 0 Å². The second kappa shape index (κ2) is 3.44. The minimum absolute atomic E-state index is 0.138. The molecule has 2 saturated heterocycles. The summed E-state index contributed by atoms with van der Waals surface area (Å²) in [5, 5.41) is 3.28. The molecule has 2 fully saturated rings. The highest BCUT2D eigenvalue weighted by Crippen LogP contribution is 2.13. The molecule has 0 spiro atoms. The first kappa shape index (κ1) is 8.05. The predicted octanol–water partition coefficient (Wildman–Crippen LogP) is 0.361. The van der Waals surface area contributed by atoms with E-state index < -0.39 is 0 Å². The quantitative estimate of drug-likeness (QED) is 0.613. The van der Waals surface area contributed by atoms with Gasteiger partial charge in [-0.15, -0.1) is 0 Å². The summed E-state index contributed by atoms with van der Waals surface area (Å²) in [7, 11) is 0. The van der Waals surface area contributed by atoms with E-state index in [4.69, 9.17) is 0 Å². The fourth-order valence-corrected chi connectivity index (χ4v) is 1.82. The van der Waals surface area contributed by atoms with Crippen LogP contribution in [0.3, 0.4) is 0 Å². The molecular weight excluding hydrogens is 152 g/mol. The molecule has 0 saturated carbocycles. The summed E-state index contributed by atoms with van der Waals surface area (Å²) in [6.45, 7) is 2.98. The average molecular weight is 168 g/mol. The standard InChI is InChI=1S/C9H16N2O/c12-9(11-6-3-7-11)8-4-1-2-5-10-8/h8,10H,1-7H2/t8-/m1/s1. The maximum absolute atomic E-state index is 11.6. The van der Waals surface area contributed by atoms with Crippen molar-refractivity contribution in [3.63, 3.8) is 0 Å². The Bertz CT molecular complexity index is 171. The number of nitrogens with zero attached hydrogens (tertiary/aromatic N) is 1. The third-order valence-electron chi connectivity index (χ3n) is 2.78. The number of piperidine rings is 1. The van der Waals surface area contributed by atoms with Crippen molar-refractivity contribution in [2.45, 2.75) is 31.7 Å². The summed E-state index contributed by atoms with van der Waals surface area (Å²) < 4.78 is 0. The van der Waals surface area contributed by atoms with Crippen LogP contribution in [0.15, 0.2) is 0 Å². The van der Waals surface area contributed by atoms with Crippen LogP contribution < -0.4 is 5.32 Å². The van der Waals surface area contributed by atoms with Crippen molar-refractivity contribution in [1.29, 1.82) is 0 Å². The number of nitrogens with one attached hydrogen (secondary N) is 1. The number of likely N-dealkylation sites (tertiary alicyclic amines) is 1. The van der Waals surface area contributed by atoms with Crippen molar-refractivity contribution in [2.24, 2.45) is 0 Å². The van der Waals surface area contributed by atoms with E-state index in [-0.39, 0.29) is 6.04 Å². The van der Waals surface area contributed by atoms with Crippen molar-refractivity contribution in [3.8, 4) is 0 Å². The van der Waals surface area contributed by atoms with Gasteiger partial charge in [0, 0.05) is 13.1 Å². The van der Waals surface area contributed by atoms with E-state index in [0.29, 0.717) is 5.91 Å². The number of carbonyl (C=O) groups is 1. The van der Waals surface area contributed by atoms with Gasteiger partial charge in [0.1, 0.15) is 0 Å². The van der Waals surface area contributed by atoms with Crippen LogP contribution in [0.5, 0.6) is 0 Å². The van der Waals surface area contributed by atoms with Crippen LogP contribution in [-0.4, -0.2) is 36.5 Å². The largest absolute Gasteiger partial charge is 0.341 e. The first-order chi connectivity index (χ1) is 5.88. The van der Waals surface area contributed by atoms with Crippen LogP contribution in [-0.2, 0) is 4.79 Å². The molecule has 2 aliphatic heterocycles. The molecule has 1 N–H and O–H groups in total. The van der Waals surface area contributed by atoms with Crippen LogP contribution in [0.4, 0.5) is 0 Å². The molecule has 3 nitrogen and oxygen atoms in total. The smallest absolute Gasteiger partial charge is 0.239 e. The van der Waals surface area contributed by atoms with Crippen LogP contribution >= 0.6 is 0 Å². The highest BCUT2D eigenvalue weighted by atomic mass is 16.2. The van der Waals surface area contributed by atoms with Gasteiger partial charge in [-0.25, -0.2) is 0 Å². The Labute approximate surface area is 73.1 Å². The van der Waals surface area contributed by atoms with E-state index in [1.54, 1.807) is 0 Å². The maximum atomic E-state index is 11.6. The molecule has 0 aromatic carbocycles. The van der Waals surface area contributed by atoms with Gasteiger partial charge in [0.05, 0.1) is 6.04 Å². The van der Waals surface area contributed by atoms with Gasteiger partial charge >= 0.3 is 0 Å². The molecule has 3 heteroatoms. The Morgan fingerprint density at radius 2 is 2.08 bits per heavy atom. The Balaban J connectivity index is 1.84. The molecule has 0 aromatic rings. The summed E-state index contributed by atoms with van der Waals surface area (Å²) in [5.41, 5.74) is 0. The van der Waals surface area contributed by atoms with Gasteiger partial charge in [0.15, 0.2) is 0 Å². The normalized spacial score (nSPS) is 29.7. The highest BCUT2D eigenvalue weighted by Gasteiger charge is 2.28. The molecule has 0 bridgehead atoms. The van der Waals surface area contributed by atoms with Crippen LogP contribution in [0.1, 0.15) is 25.7 Å². The average Bonchev–Trinajstić information content (AvgIpc) is 2.03. The molecule has 1 atom stereocenters. The van der Waals surface area contributed by atoms with Crippen LogP contribution in [0.2, 0.25) is 0 Å². The Hall–Kier alpha value is -0.570. The fraction of sp³-hybridized carbons (Fsp3) is 0.889. The molecule has 0 unspecified atom stereocenters. The van der Waals surface area contributed by atoms with Gasteiger partial charge in [-0.2, -0.15) is 0 Å². The number of carbonyl (C=O) groups excluding carboxylic acids is 1. The van der Waals surface area contributed by atoms with E-state index in [1.165, 1.54) is 19.3 Å². The van der Waals surface area contributed by atoms with E-state index in [9.17, 15) is 4.79 Å². The van der Waals surface area contributed by atoms with Gasteiger partial charge in [0.25, 0.3) is 0 Å². The first-order valence-electron chi connectivity index (χ1n) is 4.90. The summed E-state index contributed by atoms with van der Waals surface area (Å²) in [6.07, 6.45) is 4.66. The van der Waals surface area contributed by atoms with Crippen LogP contribution in [0.25, 0.3) is 0 Å². The van der Waals surface area contributed by atoms with Gasteiger partial charge in [-0.1, -0.05) is 6.42 Å². The Morgan fingerprint density at radius 1 is 1.25 bits per heavy atom. The lowest BCUT2D eigenvalue weighted by atomic mass is 10.0. The van der Waals surface area contributed by atoms with E-state index in [0.717, 1.165) is 26.1 Å². The second-order valence-corrected chi connectivity index (χ2v) is 3.68. The molecule has 68 valence electrons. The predicted molar refractivity (Wildman–Crippen MR) is 46.8 cm³/mol. The molecule has 0 aliphatic carbocycles. The molecule has 0 radical (unpaired) electrons. The number of hydrogen-bond donors (Lipinski definition) is 1. The van der Waals surface area contributed by atoms with Gasteiger partial charge in [-0.3, -0.25) is 4.79 Å². The summed E-state index contributed by atoms with van der Waals surface area (Å²) in [6, 6.07) is 0.138. The van der Waals surface area contributed by atoms with Gasteiger partial charge in [0.2, 0.25) is 5.91 Å². The lowest BCUT2D eigenvalue weighted by molar-refractivity contribution is -0.137. The first-order valence-corrected chi connectivity index (χ1v) is 4.90. The minimum atomic E-state index is 0.138. The summed E-state index contributed by atoms with van der Waals surface area (Å²) >= 11 is 0. The zero-order valence-corrected chi connectivity index (χ0v) is 7.38. The lowest BCUT2D eigenvalue weighted by Crippen LogP contribution is -2.53. The zero-order chi connectivity index (χ0) is 8.39. The van der Waals surface area contributed by atoms with Crippen LogP contribution in [0, 0.1) is 0 Å². The molecule has 2 rings (SSSR count).